The zero-order valence-corrected chi connectivity index (χ0v) is 8.21. The van der Waals surface area contributed by atoms with Crippen molar-refractivity contribution in [1.29, 1.82) is 0 Å². The van der Waals surface area contributed by atoms with Gasteiger partial charge in [0.1, 0.15) is 0 Å². The second kappa shape index (κ2) is 3.46. The van der Waals surface area contributed by atoms with Crippen LogP contribution in [0.4, 0.5) is 0 Å². The summed E-state index contributed by atoms with van der Waals surface area (Å²) in [6.45, 7) is 0. The smallest absolute Gasteiger partial charge is 0.314 e. The van der Waals surface area contributed by atoms with E-state index in [0.717, 1.165) is 17.7 Å². The fourth-order valence-electron chi connectivity index (χ4n) is 1.48. The van der Waals surface area contributed by atoms with E-state index in [1.54, 1.807) is 11.7 Å². The van der Waals surface area contributed by atoms with E-state index in [2.05, 4.69) is 4.98 Å². The predicted octanol–water partition coefficient (Wildman–Crippen LogP) is 1.81. The van der Waals surface area contributed by atoms with Gasteiger partial charge in [0.2, 0.25) is 0 Å². The maximum Gasteiger partial charge on any atom is 0.314 e. The molecule has 4 heteroatoms. The minimum atomic E-state index is -0.119. The van der Waals surface area contributed by atoms with Crippen molar-refractivity contribution in [3.8, 4) is 0 Å². The Kier molecular flexibility index (Phi) is 2.31. The van der Waals surface area contributed by atoms with E-state index in [4.69, 9.17) is 4.74 Å². The summed E-state index contributed by atoms with van der Waals surface area (Å²) in [5, 5.41) is 0. The highest BCUT2D eigenvalue weighted by atomic mass is 32.1. The van der Waals surface area contributed by atoms with E-state index in [1.807, 2.05) is 0 Å². The molecule has 1 atom stereocenters. The summed E-state index contributed by atoms with van der Waals surface area (Å²) in [7, 11) is 1.44. The van der Waals surface area contributed by atoms with Crippen molar-refractivity contribution in [2.75, 3.05) is 7.11 Å². The van der Waals surface area contributed by atoms with E-state index in [0.29, 0.717) is 5.92 Å². The molecule has 1 unspecified atom stereocenters. The van der Waals surface area contributed by atoms with Gasteiger partial charge in [-0.3, -0.25) is 9.78 Å². The molecule has 0 spiro atoms. The fraction of sp³-hybridized carbons (Fsp3) is 0.556. The SMILES string of the molecule is COC(=O)C(c1cncs1)C1CC1. The molecule has 0 radical (unpaired) electrons. The van der Waals surface area contributed by atoms with Crippen LogP contribution in [0.2, 0.25) is 0 Å². The predicted molar refractivity (Wildman–Crippen MR) is 49.6 cm³/mol. The second-order valence-corrected chi connectivity index (χ2v) is 4.16. The quantitative estimate of drug-likeness (QED) is 0.694. The highest BCUT2D eigenvalue weighted by Crippen LogP contribution is 2.44. The second-order valence-electron chi connectivity index (χ2n) is 3.24. The molecule has 0 aliphatic heterocycles. The molecule has 1 aromatic heterocycles. The van der Waals surface area contributed by atoms with Gasteiger partial charge < -0.3 is 4.74 Å². The van der Waals surface area contributed by atoms with Crippen molar-refractivity contribution in [2.24, 2.45) is 5.92 Å². The van der Waals surface area contributed by atoms with Crippen molar-refractivity contribution in [3.63, 3.8) is 0 Å². The summed E-state index contributed by atoms with van der Waals surface area (Å²) in [6, 6.07) is 0. The zero-order chi connectivity index (χ0) is 9.26. The molecular formula is C9H11NO2S. The molecule has 70 valence electrons. The Bertz CT molecular complexity index is 293. The number of hydrogen-bond donors (Lipinski definition) is 0. The number of rotatable bonds is 3. The lowest BCUT2D eigenvalue weighted by Gasteiger charge is -2.10. The molecule has 13 heavy (non-hydrogen) atoms. The average Bonchev–Trinajstić information content (AvgIpc) is 2.81. The van der Waals surface area contributed by atoms with Crippen LogP contribution in [-0.2, 0) is 9.53 Å². The van der Waals surface area contributed by atoms with Gasteiger partial charge in [-0.1, -0.05) is 0 Å². The number of ether oxygens (including phenoxy) is 1. The van der Waals surface area contributed by atoms with Crippen LogP contribution >= 0.6 is 11.3 Å². The van der Waals surface area contributed by atoms with Crippen molar-refractivity contribution < 1.29 is 9.53 Å². The third-order valence-electron chi connectivity index (χ3n) is 2.31. The highest BCUT2D eigenvalue weighted by molar-refractivity contribution is 7.09. The third-order valence-corrected chi connectivity index (χ3v) is 3.17. The van der Waals surface area contributed by atoms with Crippen LogP contribution in [0.3, 0.4) is 0 Å². The largest absolute Gasteiger partial charge is 0.469 e. The first-order valence-electron chi connectivity index (χ1n) is 4.29. The standard InChI is InChI=1S/C9H11NO2S/c1-12-9(11)8(6-2-3-6)7-4-10-5-13-7/h4-6,8H,2-3H2,1H3. The molecule has 1 fully saturated rings. The van der Waals surface area contributed by atoms with Crippen molar-refractivity contribution >= 4 is 17.3 Å². The molecule has 0 amide bonds. The van der Waals surface area contributed by atoms with E-state index in [1.165, 1.54) is 18.4 Å². The normalized spacial score (nSPS) is 18.2. The number of hydrogen-bond acceptors (Lipinski definition) is 4. The summed E-state index contributed by atoms with van der Waals surface area (Å²) in [5.74, 6) is 0.317. The van der Waals surface area contributed by atoms with Gasteiger partial charge in [-0.25, -0.2) is 0 Å². The number of esters is 1. The maximum absolute atomic E-state index is 11.4. The Balaban J connectivity index is 2.18. The van der Waals surface area contributed by atoms with Crippen molar-refractivity contribution in [1.82, 2.24) is 4.98 Å². The molecule has 1 aliphatic carbocycles. The first-order valence-corrected chi connectivity index (χ1v) is 5.17. The van der Waals surface area contributed by atoms with Crippen LogP contribution < -0.4 is 0 Å². The molecule has 1 saturated carbocycles. The van der Waals surface area contributed by atoms with Gasteiger partial charge in [0.05, 0.1) is 18.5 Å². The number of carbonyl (C=O) groups excluding carboxylic acids is 1. The highest BCUT2D eigenvalue weighted by Gasteiger charge is 2.38. The molecular weight excluding hydrogens is 186 g/mol. The Labute approximate surface area is 80.8 Å². The fourth-order valence-corrected chi connectivity index (χ4v) is 2.28. The lowest BCUT2D eigenvalue weighted by molar-refractivity contribution is -0.142. The third kappa shape index (κ3) is 1.72. The number of nitrogens with zero attached hydrogens (tertiary/aromatic N) is 1. The number of thiazole rings is 1. The zero-order valence-electron chi connectivity index (χ0n) is 7.40. The molecule has 1 aromatic rings. The van der Waals surface area contributed by atoms with E-state index < -0.39 is 0 Å². The van der Waals surface area contributed by atoms with Crippen LogP contribution in [0, 0.1) is 5.92 Å². The van der Waals surface area contributed by atoms with Gasteiger partial charge in [0.25, 0.3) is 0 Å². The molecule has 1 aliphatic rings. The van der Waals surface area contributed by atoms with Gasteiger partial charge in [-0.05, 0) is 18.8 Å². The van der Waals surface area contributed by atoms with E-state index in [9.17, 15) is 4.79 Å². The molecule has 0 aromatic carbocycles. The molecule has 1 heterocycles. The van der Waals surface area contributed by atoms with Gasteiger partial charge in [0.15, 0.2) is 0 Å². The molecule has 0 saturated heterocycles. The first-order chi connectivity index (χ1) is 6.33. The molecule has 0 bridgehead atoms. The summed E-state index contributed by atoms with van der Waals surface area (Å²) in [6.07, 6.45) is 4.04. The minimum Gasteiger partial charge on any atom is -0.469 e. The van der Waals surface area contributed by atoms with Crippen LogP contribution in [0.1, 0.15) is 23.6 Å². The lowest BCUT2D eigenvalue weighted by atomic mass is 10.0. The van der Waals surface area contributed by atoms with Crippen molar-refractivity contribution in [3.05, 3.63) is 16.6 Å². The van der Waals surface area contributed by atoms with Crippen molar-refractivity contribution in [2.45, 2.75) is 18.8 Å². The van der Waals surface area contributed by atoms with Crippen LogP contribution in [-0.4, -0.2) is 18.1 Å². The number of aromatic nitrogens is 1. The van der Waals surface area contributed by atoms with Gasteiger partial charge in [-0.2, -0.15) is 0 Å². The van der Waals surface area contributed by atoms with Crippen LogP contribution in [0.5, 0.6) is 0 Å². The Morgan fingerprint density at radius 3 is 3.00 bits per heavy atom. The monoisotopic (exact) mass is 197 g/mol. The Hall–Kier alpha value is -0.900. The molecule has 0 N–H and O–H groups in total. The van der Waals surface area contributed by atoms with Crippen LogP contribution in [0.25, 0.3) is 0 Å². The number of carbonyl (C=O) groups is 1. The first kappa shape index (κ1) is 8.69. The average molecular weight is 197 g/mol. The van der Waals surface area contributed by atoms with Crippen LogP contribution in [0.15, 0.2) is 11.7 Å². The maximum atomic E-state index is 11.4. The van der Waals surface area contributed by atoms with E-state index in [-0.39, 0.29) is 11.9 Å². The lowest BCUT2D eigenvalue weighted by Crippen LogP contribution is -2.14. The Morgan fingerprint density at radius 1 is 1.77 bits per heavy atom. The van der Waals surface area contributed by atoms with E-state index >= 15 is 0 Å². The topological polar surface area (TPSA) is 39.2 Å². The molecule has 2 rings (SSSR count). The summed E-state index contributed by atoms with van der Waals surface area (Å²) in [4.78, 5) is 16.5. The van der Waals surface area contributed by atoms with Gasteiger partial charge >= 0.3 is 5.97 Å². The minimum absolute atomic E-state index is 0.0579. The Morgan fingerprint density at radius 2 is 2.54 bits per heavy atom. The van der Waals surface area contributed by atoms with Gasteiger partial charge in [0, 0.05) is 11.1 Å². The van der Waals surface area contributed by atoms with Gasteiger partial charge in [-0.15, -0.1) is 11.3 Å². The summed E-state index contributed by atoms with van der Waals surface area (Å²) in [5.41, 5.74) is 1.76. The number of methoxy groups -OCH3 is 1. The molecule has 3 nitrogen and oxygen atoms in total. The summed E-state index contributed by atoms with van der Waals surface area (Å²) >= 11 is 1.53. The summed E-state index contributed by atoms with van der Waals surface area (Å²) < 4.78 is 4.78.